The second-order valence-electron chi connectivity index (χ2n) is 4.57. The van der Waals surface area contributed by atoms with Crippen LogP contribution in [0.4, 0.5) is 5.69 Å². The fraction of sp³-hybridized carbons (Fsp3) is 0. The monoisotopic (exact) mass is 308 g/mol. The fourth-order valence-corrected chi connectivity index (χ4v) is 1.82. The smallest absolute Gasteiger partial charge is 0.335 e. The van der Waals surface area contributed by atoms with Crippen LogP contribution in [0, 0.1) is 11.3 Å². The van der Waals surface area contributed by atoms with Crippen LogP contribution in [0.15, 0.2) is 54.1 Å². The zero-order chi connectivity index (χ0) is 16.8. The van der Waals surface area contributed by atoms with Gasteiger partial charge in [0.2, 0.25) is 0 Å². The highest BCUT2D eigenvalue weighted by molar-refractivity contribution is 6.10. The molecule has 2 aromatic carbocycles. The van der Waals surface area contributed by atoms with E-state index in [1.54, 1.807) is 30.3 Å². The number of nitriles is 1. The Morgan fingerprint density at radius 3 is 2.39 bits per heavy atom. The number of rotatable bonds is 4. The molecule has 0 atom stereocenters. The molecule has 0 aliphatic rings. The number of hydrogen-bond acceptors (Lipinski definition) is 4. The first kappa shape index (κ1) is 15.8. The molecule has 0 heterocycles. The predicted octanol–water partition coefficient (Wildman–Crippen LogP) is 2.64. The molecule has 3 N–H and O–H groups in total. The molecular formula is C17H12N2O4. The molecule has 0 aliphatic carbocycles. The van der Waals surface area contributed by atoms with Gasteiger partial charge in [0.15, 0.2) is 0 Å². The van der Waals surface area contributed by atoms with Gasteiger partial charge in [0.25, 0.3) is 5.91 Å². The van der Waals surface area contributed by atoms with Crippen LogP contribution >= 0.6 is 0 Å². The molecule has 2 aromatic rings. The lowest BCUT2D eigenvalue weighted by Crippen LogP contribution is -2.13. The third-order valence-corrected chi connectivity index (χ3v) is 2.97. The second-order valence-corrected chi connectivity index (χ2v) is 4.57. The van der Waals surface area contributed by atoms with Crippen molar-refractivity contribution in [2.75, 3.05) is 5.32 Å². The Hall–Kier alpha value is -3.59. The van der Waals surface area contributed by atoms with Gasteiger partial charge < -0.3 is 15.5 Å². The van der Waals surface area contributed by atoms with E-state index in [1.165, 1.54) is 18.2 Å². The van der Waals surface area contributed by atoms with Crippen LogP contribution in [0.2, 0.25) is 0 Å². The molecule has 0 unspecified atom stereocenters. The molecule has 1 amide bonds. The van der Waals surface area contributed by atoms with Crippen molar-refractivity contribution in [3.05, 3.63) is 65.2 Å². The number of benzene rings is 2. The first-order chi connectivity index (χ1) is 11.0. The number of carboxylic acid groups (broad SMARTS) is 1. The van der Waals surface area contributed by atoms with Gasteiger partial charge in [-0.15, -0.1) is 0 Å². The van der Waals surface area contributed by atoms with E-state index in [1.807, 2.05) is 6.07 Å². The van der Waals surface area contributed by atoms with Gasteiger partial charge in [-0.3, -0.25) is 4.79 Å². The highest BCUT2D eigenvalue weighted by atomic mass is 16.4. The van der Waals surface area contributed by atoms with Crippen LogP contribution < -0.4 is 5.32 Å². The largest absolute Gasteiger partial charge is 0.506 e. The number of aromatic hydroxyl groups is 1. The van der Waals surface area contributed by atoms with E-state index in [0.29, 0.717) is 5.56 Å². The van der Waals surface area contributed by atoms with E-state index in [4.69, 9.17) is 10.4 Å². The van der Waals surface area contributed by atoms with Gasteiger partial charge in [0.1, 0.15) is 17.4 Å². The van der Waals surface area contributed by atoms with Crippen LogP contribution in [-0.4, -0.2) is 22.1 Å². The Kier molecular flexibility index (Phi) is 4.75. The number of aromatic carboxylic acids is 1. The van der Waals surface area contributed by atoms with Gasteiger partial charge in [0.05, 0.1) is 11.3 Å². The summed E-state index contributed by atoms with van der Waals surface area (Å²) in [5.74, 6) is -2.29. The van der Waals surface area contributed by atoms with E-state index in [-0.39, 0.29) is 16.8 Å². The molecule has 0 aromatic heterocycles. The minimum atomic E-state index is -1.19. The molecule has 114 valence electrons. The van der Waals surface area contributed by atoms with E-state index in [2.05, 4.69) is 5.32 Å². The fourth-order valence-electron chi connectivity index (χ4n) is 1.82. The number of nitrogens with one attached hydrogen (secondary N) is 1. The van der Waals surface area contributed by atoms with Crippen LogP contribution in [0.3, 0.4) is 0 Å². The van der Waals surface area contributed by atoms with Crippen molar-refractivity contribution in [2.45, 2.75) is 0 Å². The Morgan fingerprint density at radius 1 is 1.13 bits per heavy atom. The molecule has 2 rings (SSSR count). The number of carboxylic acids is 1. The molecule has 0 bridgehead atoms. The number of carbonyl (C=O) groups excluding carboxylic acids is 1. The molecule has 6 heteroatoms. The average Bonchev–Trinajstić information content (AvgIpc) is 2.55. The molecule has 23 heavy (non-hydrogen) atoms. The van der Waals surface area contributed by atoms with E-state index >= 15 is 0 Å². The summed E-state index contributed by atoms with van der Waals surface area (Å²) in [6.07, 6.45) is 1.41. The quantitative estimate of drug-likeness (QED) is 0.457. The summed E-state index contributed by atoms with van der Waals surface area (Å²) >= 11 is 0. The van der Waals surface area contributed by atoms with Crippen molar-refractivity contribution in [2.24, 2.45) is 0 Å². The van der Waals surface area contributed by atoms with Gasteiger partial charge in [0, 0.05) is 0 Å². The Labute approximate surface area is 131 Å². The van der Waals surface area contributed by atoms with Gasteiger partial charge in [-0.1, -0.05) is 30.3 Å². The van der Waals surface area contributed by atoms with Gasteiger partial charge in [-0.25, -0.2) is 4.79 Å². The molecule has 6 nitrogen and oxygen atoms in total. The summed E-state index contributed by atoms with van der Waals surface area (Å²) in [5, 5.41) is 30.1. The third kappa shape index (κ3) is 3.95. The SMILES string of the molecule is N#C/C(=C\c1ccccc1)C(=O)Nc1ccc(C(=O)O)cc1O. The van der Waals surface area contributed by atoms with E-state index in [0.717, 1.165) is 6.07 Å². The predicted molar refractivity (Wildman–Crippen MR) is 83.7 cm³/mol. The highest BCUT2D eigenvalue weighted by Crippen LogP contribution is 2.25. The van der Waals surface area contributed by atoms with Gasteiger partial charge in [-0.2, -0.15) is 5.26 Å². The Balaban J connectivity index is 2.22. The van der Waals surface area contributed by atoms with Crippen LogP contribution in [0.1, 0.15) is 15.9 Å². The molecule has 0 saturated heterocycles. The van der Waals surface area contributed by atoms with Crippen LogP contribution in [-0.2, 0) is 4.79 Å². The number of carbonyl (C=O) groups is 2. The zero-order valence-electron chi connectivity index (χ0n) is 11.9. The number of phenols is 1. The average molecular weight is 308 g/mol. The number of amides is 1. The first-order valence-corrected chi connectivity index (χ1v) is 6.56. The standard InChI is InChI=1S/C17H12N2O4/c18-10-13(8-11-4-2-1-3-5-11)16(21)19-14-7-6-12(17(22)23)9-15(14)20/h1-9,20H,(H,19,21)(H,22,23)/b13-8+. The Bertz CT molecular complexity index is 820. The normalized spacial score (nSPS) is 10.7. The minimum absolute atomic E-state index is 0.0224. The lowest BCUT2D eigenvalue weighted by molar-refractivity contribution is -0.112. The zero-order valence-corrected chi connectivity index (χ0v) is 11.9. The number of nitrogens with zero attached hydrogens (tertiary/aromatic N) is 1. The Morgan fingerprint density at radius 2 is 1.83 bits per heavy atom. The van der Waals surface area contributed by atoms with E-state index in [9.17, 15) is 14.7 Å². The van der Waals surface area contributed by atoms with Crippen molar-refractivity contribution in [3.63, 3.8) is 0 Å². The van der Waals surface area contributed by atoms with Crippen molar-refractivity contribution < 1.29 is 19.8 Å². The maximum Gasteiger partial charge on any atom is 0.335 e. The molecular weight excluding hydrogens is 296 g/mol. The van der Waals surface area contributed by atoms with Crippen molar-refractivity contribution in [1.29, 1.82) is 5.26 Å². The first-order valence-electron chi connectivity index (χ1n) is 6.56. The molecule has 0 spiro atoms. The molecule has 0 aliphatic heterocycles. The molecule has 0 radical (unpaired) electrons. The van der Waals surface area contributed by atoms with Crippen LogP contribution in [0.25, 0.3) is 6.08 Å². The summed E-state index contributed by atoms with van der Waals surface area (Å²) in [7, 11) is 0. The number of phenolic OH excluding ortho intramolecular Hbond substituents is 1. The maximum atomic E-state index is 12.1. The summed E-state index contributed by atoms with van der Waals surface area (Å²) in [6.45, 7) is 0. The number of hydrogen-bond donors (Lipinski definition) is 3. The summed E-state index contributed by atoms with van der Waals surface area (Å²) < 4.78 is 0. The van der Waals surface area contributed by atoms with Gasteiger partial charge >= 0.3 is 5.97 Å². The maximum absolute atomic E-state index is 12.1. The van der Waals surface area contributed by atoms with Gasteiger partial charge in [-0.05, 0) is 29.8 Å². The molecule has 0 saturated carbocycles. The summed E-state index contributed by atoms with van der Waals surface area (Å²) in [6, 6.07) is 14.1. The second kappa shape index (κ2) is 6.91. The summed E-state index contributed by atoms with van der Waals surface area (Å²) in [4.78, 5) is 22.9. The lowest BCUT2D eigenvalue weighted by atomic mass is 10.1. The van der Waals surface area contributed by atoms with Crippen LogP contribution in [0.5, 0.6) is 5.75 Å². The lowest BCUT2D eigenvalue weighted by Gasteiger charge is -2.07. The minimum Gasteiger partial charge on any atom is -0.506 e. The summed E-state index contributed by atoms with van der Waals surface area (Å²) in [5.41, 5.74) is 0.456. The highest BCUT2D eigenvalue weighted by Gasteiger charge is 2.13. The van der Waals surface area contributed by atoms with E-state index < -0.39 is 17.6 Å². The third-order valence-electron chi connectivity index (χ3n) is 2.97. The topological polar surface area (TPSA) is 110 Å². The van der Waals surface area contributed by atoms with Crippen molar-refractivity contribution in [1.82, 2.24) is 0 Å². The molecule has 0 fully saturated rings. The number of anilines is 1. The van der Waals surface area contributed by atoms with Crippen molar-refractivity contribution in [3.8, 4) is 11.8 Å². The van der Waals surface area contributed by atoms with Crippen molar-refractivity contribution >= 4 is 23.6 Å².